The maximum atomic E-state index is 10.4. The third-order valence-corrected chi connectivity index (χ3v) is 3.65. The van der Waals surface area contributed by atoms with Crippen molar-refractivity contribution in [3.8, 4) is 0 Å². The van der Waals surface area contributed by atoms with Crippen molar-refractivity contribution in [2.24, 2.45) is 5.92 Å². The van der Waals surface area contributed by atoms with Crippen molar-refractivity contribution < 1.29 is 14.9 Å². The molecule has 0 bridgehead atoms. The average molecular weight is 245 g/mol. The fraction of sp³-hybridized carbons (Fsp3) is 1.00. The monoisotopic (exact) mass is 245 g/mol. The maximum absolute atomic E-state index is 10.4. The molecule has 0 aromatic rings. The molecule has 0 radical (unpaired) electrons. The minimum atomic E-state index is -0.561. The van der Waals surface area contributed by atoms with Crippen LogP contribution in [0, 0.1) is 5.92 Å². The first-order valence-electron chi connectivity index (χ1n) is 6.53. The molecule has 0 heterocycles. The molecule has 0 spiro atoms. The normalized spacial score (nSPS) is 31.8. The molecule has 1 aliphatic carbocycles. The van der Waals surface area contributed by atoms with Crippen molar-refractivity contribution in [3.05, 3.63) is 0 Å². The smallest absolute Gasteiger partial charge is 0.0899 e. The van der Waals surface area contributed by atoms with Gasteiger partial charge in [-0.05, 0) is 38.6 Å². The summed E-state index contributed by atoms with van der Waals surface area (Å²) < 4.78 is 4.89. The van der Waals surface area contributed by atoms with E-state index in [1.807, 2.05) is 11.9 Å². The minimum absolute atomic E-state index is 0.347. The lowest BCUT2D eigenvalue weighted by molar-refractivity contribution is -0.0409. The molecule has 2 N–H and O–H groups in total. The van der Waals surface area contributed by atoms with Crippen LogP contribution >= 0.6 is 0 Å². The van der Waals surface area contributed by atoms with Gasteiger partial charge in [-0.3, -0.25) is 0 Å². The Morgan fingerprint density at radius 3 is 2.53 bits per heavy atom. The van der Waals surface area contributed by atoms with Crippen LogP contribution in [0.3, 0.4) is 0 Å². The second-order valence-corrected chi connectivity index (χ2v) is 5.71. The van der Waals surface area contributed by atoms with E-state index >= 15 is 0 Å². The Balaban J connectivity index is 2.31. The number of aliphatic hydroxyl groups excluding tert-OH is 1. The number of methoxy groups -OCH3 is 1. The lowest BCUT2D eigenvalue weighted by atomic mass is 9.79. The Morgan fingerprint density at radius 2 is 2.00 bits per heavy atom. The molecule has 1 fully saturated rings. The van der Waals surface area contributed by atoms with Crippen LogP contribution in [0.2, 0.25) is 0 Å². The van der Waals surface area contributed by atoms with E-state index in [9.17, 15) is 10.2 Å². The number of aliphatic hydroxyl groups is 2. The van der Waals surface area contributed by atoms with Gasteiger partial charge in [0.25, 0.3) is 0 Å². The molecule has 0 amide bonds. The molecule has 4 heteroatoms. The molecule has 0 saturated heterocycles. The summed E-state index contributed by atoms with van der Waals surface area (Å²) in [6.45, 7) is 3.78. The van der Waals surface area contributed by atoms with E-state index in [2.05, 4.69) is 6.92 Å². The van der Waals surface area contributed by atoms with Gasteiger partial charge >= 0.3 is 0 Å². The van der Waals surface area contributed by atoms with Crippen LogP contribution in [0.5, 0.6) is 0 Å². The highest BCUT2D eigenvalue weighted by Crippen LogP contribution is 2.32. The van der Waals surface area contributed by atoms with Crippen molar-refractivity contribution in [3.63, 3.8) is 0 Å². The molecule has 1 rings (SSSR count). The number of likely N-dealkylation sites (N-methyl/N-ethyl adjacent to an activating group) is 1. The number of hydrogen-bond acceptors (Lipinski definition) is 4. The zero-order chi connectivity index (χ0) is 12.9. The predicted octanol–water partition coefficient (Wildman–Crippen LogP) is 0.867. The molecule has 102 valence electrons. The molecule has 1 atom stereocenters. The number of rotatable bonds is 6. The van der Waals surface area contributed by atoms with Gasteiger partial charge < -0.3 is 19.8 Å². The Kier molecular flexibility index (Phi) is 5.86. The number of nitrogens with zero attached hydrogens (tertiary/aromatic N) is 1. The topological polar surface area (TPSA) is 52.9 Å². The molecule has 17 heavy (non-hydrogen) atoms. The van der Waals surface area contributed by atoms with Crippen LogP contribution in [0.4, 0.5) is 0 Å². The summed E-state index contributed by atoms with van der Waals surface area (Å²) in [5.74, 6) is 0.736. The molecule has 1 unspecified atom stereocenters. The van der Waals surface area contributed by atoms with E-state index in [4.69, 9.17) is 4.74 Å². The van der Waals surface area contributed by atoms with Gasteiger partial charge in [-0.25, -0.2) is 0 Å². The fourth-order valence-electron chi connectivity index (χ4n) is 2.63. The summed E-state index contributed by atoms with van der Waals surface area (Å²) >= 11 is 0. The van der Waals surface area contributed by atoms with Gasteiger partial charge in [-0.15, -0.1) is 0 Å². The molecule has 4 nitrogen and oxygen atoms in total. The first-order valence-corrected chi connectivity index (χ1v) is 6.53. The average Bonchev–Trinajstić information content (AvgIpc) is 2.22. The van der Waals surface area contributed by atoms with Crippen LogP contribution in [-0.2, 0) is 4.74 Å². The van der Waals surface area contributed by atoms with E-state index in [1.54, 1.807) is 7.11 Å². The largest absolute Gasteiger partial charge is 0.389 e. The van der Waals surface area contributed by atoms with Gasteiger partial charge in [0.05, 0.1) is 18.3 Å². The molecule has 0 aromatic carbocycles. The maximum Gasteiger partial charge on any atom is 0.0899 e. The first-order chi connectivity index (χ1) is 7.95. The van der Waals surface area contributed by atoms with E-state index in [0.717, 1.165) is 31.6 Å². The van der Waals surface area contributed by atoms with Crippen LogP contribution in [0.15, 0.2) is 0 Å². The number of hydrogen-bond donors (Lipinski definition) is 2. The highest BCUT2D eigenvalue weighted by Gasteiger charge is 2.32. The van der Waals surface area contributed by atoms with Crippen LogP contribution < -0.4 is 0 Å². The third kappa shape index (κ3) is 5.34. The summed E-state index contributed by atoms with van der Waals surface area (Å²) in [4.78, 5) is 2.00. The van der Waals surface area contributed by atoms with E-state index < -0.39 is 11.7 Å². The Labute approximate surface area is 105 Å². The van der Waals surface area contributed by atoms with Crippen LogP contribution in [-0.4, -0.2) is 60.7 Å². The highest BCUT2D eigenvalue weighted by atomic mass is 16.5. The van der Waals surface area contributed by atoms with Gasteiger partial charge in [0.1, 0.15) is 0 Å². The minimum Gasteiger partial charge on any atom is -0.389 e. The Bertz CT molecular complexity index is 215. The quantitative estimate of drug-likeness (QED) is 0.729. The SMILES string of the molecule is COCC(O)CN(C)CC1(O)CCC(C)CC1. The second kappa shape index (κ2) is 6.69. The molecule has 0 aromatic heterocycles. The lowest BCUT2D eigenvalue weighted by Crippen LogP contribution is -2.46. The molecular weight excluding hydrogens is 218 g/mol. The summed E-state index contributed by atoms with van der Waals surface area (Å²) in [5, 5.41) is 20.1. The van der Waals surface area contributed by atoms with Gasteiger partial charge in [0.2, 0.25) is 0 Å². The summed E-state index contributed by atoms with van der Waals surface area (Å²) in [7, 11) is 3.52. The first kappa shape index (κ1) is 14.9. The van der Waals surface area contributed by atoms with Crippen LogP contribution in [0.25, 0.3) is 0 Å². The summed E-state index contributed by atoms with van der Waals surface area (Å²) in [6, 6.07) is 0. The van der Waals surface area contributed by atoms with E-state index in [0.29, 0.717) is 19.7 Å². The lowest BCUT2D eigenvalue weighted by Gasteiger charge is -2.38. The van der Waals surface area contributed by atoms with Crippen molar-refractivity contribution >= 4 is 0 Å². The molecule has 1 aliphatic rings. The summed E-state index contributed by atoms with van der Waals surface area (Å²) in [6.07, 6.45) is 3.48. The summed E-state index contributed by atoms with van der Waals surface area (Å²) in [5.41, 5.74) is -0.561. The standard InChI is InChI=1S/C13H27NO3/c1-11-4-6-13(16,7-5-11)10-14(2)8-12(15)9-17-3/h11-12,15-16H,4-10H2,1-3H3. The molecule has 1 saturated carbocycles. The molecule has 0 aliphatic heterocycles. The van der Waals surface area contributed by atoms with Gasteiger partial charge in [0, 0.05) is 20.2 Å². The van der Waals surface area contributed by atoms with Crippen molar-refractivity contribution in [2.45, 2.75) is 44.3 Å². The fourth-order valence-corrected chi connectivity index (χ4v) is 2.63. The zero-order valence-corrected chi connectivity index (χ0v) is 11.4. The molecular formula is C13H27NO3. The third-order valence-electron chi connectivity index (χ3n) is 3.65. The van der Waals surface area contributed by atoms with E-state index in [-0.39, 0.29) is 0 Å². The van der Waals surface area contributed by atoms with Crippen molar-refractivity contribution in [2.75, 3.05) is 33.9 Å². The highest BCUT2D eigenvalue weighted by molar-refractivity contribution is 4.87. The number of ether oxygens (including phenoxy) is 1. The van der Waals surface area contributed by atoms with Gasteiger partial charge in [-0.2, -0.15) is 0 Å². The Morgan fingerprint density at radius 1 is 1.41 bits per heavy atom. The van der Waals surface area contributed by atoms with Crippen molar-refractivity contribution in [1.82, 2.24) is 4.90 Å². The van der Waals surface area contributed by atoms with Gasteiger partial charge in [-0.1, -0.05) is 6.92 Å². The van der Waals surface area contributed by atoms with E-state index in [1.165, 1.54) is 0 Å². The van der Waals surface area contributed by atoms with Gasteiger partial charge in [0.15, 0.2) is 0 Å². The zero-order valence-electron chi connectivity index (χ0n) is 11.4. The van der Waals surface area contributed by atoms with Crippen LogP contribution in [0.1, 0.15) is 32.6 Å². The second-order valence-electron chi connectivity index (χ2n) is 5.71. The predicted molar refractivity (Wildman–Crippen MR) is 68.0 cm³/mol. The Hall–Kier alpha value is -0.160. The van der Waals surface area contributed by atoms with Crippen molar-refractivity contribution in [1.29, 1.82) is 0 Å².